The molecule has 6 heteroatoms. The Labute approximate surface area is 153 Å². The largest absolute Gasteiger partial charge is 0.481 e. The van der Waals surface area contributed by atoms with E-state index in [1.54, 1.807) is 11.1 Å². The van der Waals surface area contributed by atoms with Gasteiger partial charge < -0.3 is 10.0 Å². The first kappa shape index (κ1) is 18.2. The number of carbonyl (C=O) groups is 2. The van der Waals surface area contributed by atoms with Crippen LogP contribution in [0.2, 0.25) is 0 Å². The van der Waals surface area contributed by atoms with Crippen molar-refractivity contribution in [2.24, 2.45) is 5.92 Å². The van der Waals surface area contributed by atoms with Crippen LogP contribution in [0.1, 0.15) is 53.9 Å². The predicted octanol–water partition coefficient (Wildman–Crippen LogP) is 2.93. The van der Waals surface area contributed by atoms with E-state index < -0.39 is 11.9 Å². The number of nitrogens with zero attached hydrogens (tertiary/aromatic N) is 3. The molecule has 26 heavy (non-hydrogen) atoms. The lowest BCUT2D eigenvalue weighted by Crippen LogP contribution is -2.40. The average Bonchev–Trinajstić information content (AvgIpc) is 3.01. The van der Waals surface area contributed by atoms with Crippen LogP contribution in [0.25, 0.3) is 0 Å². The normalized spacial score (nSPS) is 16.6. The second kappa shape index (κ2) is 7.32. The number of hydrogen-bond acceptors (Lipinski definition) is 3. The van der Waals surface area contributed by atoms with Crippen molar-refractivity contribution in [2.45, 2.75) is 46.2 Å². The Balaban J connectivity index is 1.92. The molecule has 0 aliphatic carbocycles. The molecule has 1 amide bonds. The maximum absolute atomic E-state index is 13.1. The third-order valence-electron chi connectivity index (χ3n) is 4.83. The number of rotatable bonds is 5. The number of carboxylic acid groups (broad SMARTS) is 1. The Hall–Kier alpha value is -2.63. The van der Waals surface area contributed by atoms with Gasteiger partial charge in [0.1, 0.15) is 0 Å². The predicted molar refractivity (Wildman–Crippen MR) is 98.0 cm³/mol. The number of amides is 1. The van der Waals surface area contributed by atoms with Gasteiger partial charge in [-0.2, -0.15) is 5.10 Å². The first-order valence-electron chi connectivity index (χ1n) is 9.06. The third-order valence-corrected chi connectivity index (χ3v) is 4.83. The molecule has 0 saturated heterocycles. The van der Waals surface area contributed by atoms with Gasteiger partial charge in [0.2, 0.25) is 0 Å². The van der Waals surface area contributed by atoms with E-state index in [0.717, 1.165) is 23.4 Å². The van der Waals surface area contributed by atoms with Crippen molar-refractivity contribution in [3.63, 3.8) is 0 Å². The van der Waals surface area contributed by atoms with Gasteiger partial charge >= 0.3 is 5.97 Å². The average molecular weight is 355 g/mol. The molecule has 1 aromatic carbocycles. The minimum absolute atomic E-state index is 0.141. The number of aromatic nitrogens is 2. The summed E-state index contributed by atoms with van der Waals surface area (Å²) in [4.78, 5) is 26.5. The highest BCUT2D eigenvalue weighted by Gasteiger charge is 2.33. The summed E-state index contributed by atoms with van der Waals surface area (Å²) in [6, 6.07) is 7.46. The molecule has 1 aliphatic rings. The van der Waals surface area contributed by atoms with Crippen molar-refractivity contribution in [3.05, 3.63) is 52.8 Å². The smallest absolute Gasteiger partial charge is 0.312 e. The Kier molecular flexibility index (Phi) is 5.11. The summed E-state index contributed by atoms with van der Waals surface area (Å²) in [5, 5.41) is 14.0. The zero-order chi connectivity index (χ0) is 18.8. The van der Waals surface area contributed by atoms with E-state index in [1.165, 1.54) is 0 Å². The summed E-state index contributed by atoms with van der Waals surface area (Å²) in [5.41, 5.74) is 3.19. The Morgan fingerprint density at radius 2 is 2.04 bits per heavy atom. The standard InChI is InChI=1S/C20H25N3O3/c1-4-18-16(9-21-23(18)10-13(2)3)19(24)22-11-14-7-5-6-8-15(14)17(12-22)20(25)26/h5-9,13,17H,4,10-12H2,1-3H3,(H,25,26). The topological polar surface area (TPSA) is 75.4 Å². The van der Waals surface area contributed by atoms with Gasteiger partial charge in [0.25, 0.3) is 5.91 Å². The van der Waals surface area contributed by atoms with Crippen molar-refractivity contribution in [1.29, 1.82) is 0 Å². The highest BCUT2D eigenvalue weighted by molar-refractivity contribution is 5.96. The third kappa shape index (κ3) is 3.36. The van der Waals surface area contributed by atoms with E-state index in [4.69, 9.17) is 0 Å². The van der Waals surface area contributed by atoms with E-state index in [2.05, 4.69) is 18.9 Å². The van der Waals surface area contributed by atoms with Gasteiger partial charge in [-0.1, -0.05) is 45.0 Å². The van der Waals surface area contributed by atoms with Crippen molar-refractivity contribution >= 4 is 11.9 Å². The Morgan fingerprint density at radius 3 is 2.69 bits per heavy atom. The first-order chi connectivity index (χ1) is 12.4. The monoisotopic (exact) mass is 355 g/mol. The summed E-state index contributed by atoms with van der Waals surface area (Å²) in [5.74, 6) is -1.31. The molecule has 0 bridgehead atoms. The van der Waals surface area contributed by atoms with Gasteiger partial charge in [-0.3, -0.25) is 14.3 Å². The maximum atomic E-state index is 13.1. The molecule has 2 heterocycles. The molecular weight excluding hydrogens is 330 g/mol. The van der Waals surface area contributed by atoms with Crippen LogP contribution in [0, 0.1) is 5.92 Å². The molecular formula is C20H25N3O3. The molecule has 1 atom stereocenters. The molecule has 138 valence electrons. The van der Waals surface area contributed by atoms with Crippen molar-refractivity contribution in [1.82, 2.24) is 14.7 Å². The van der Waals surface area contributed by atoms with E-state index in [1.807, 2.05) is 35.9 Å². The number of benzene rings is 1. The molecule has 0 radical (unpaired) electrons. The van der Waals surface area contributed by atoms with Crippen LogP contribution in [0.5, 0.6) is 0 Å². The molecule has 6 nitrogen and oxygen atoms in total. The quantitative estimate of drug-likeness (QED) is 0.895. The highest BCUT2D eigenvalue weighted by Crippen LogP contribution is 2.30. The minimum Gasteiger partial charge on any atom is -0.481 e. The Morgan fingerprint density at radius 1 is 1.31 bits per heavy atom. The van der Waals surface area contributed by atoms with Crippen molar-refractivity contribution in [2.75, 3.05) is 6.54 Å². The molecule has 0 spiro atoms. The molecule has 1 unspecified atom stereocenters. The summed E-state index contributed by atoms with van der Waals surface area (Å²) in [6.45, 7) is 7.61. The number of carboxylic acids is 1. The van der Waals surface area contributed by atoms with Crippen LogP contribution in [0.3, 0.4) is 0 Å². The summed E-state index contributed by atoms with van der Waals surface area (Å²) >= 11 is 0. The van der Waals surface area contributed by atoms with Crippen LogP contribution in [0.15, 0.2) is 30.5 Å². The Bertz CT molecular complexity index is 825. The molecule has 2 aromatic rings. The molecule has 1 N–H and O–H groups in total. The second-order valence-corrected chi connectivity index (χ2v) is 7.21. The summed E-state index contributed by atoms with van der Waals surface area (Å²) in [6.07, 6.45) is 2.33. The maximum Gasteiger partial charge on any atom is 0.312 e. The lowest BCUT2D eigenvalue weighted by atomic mass is 9.89. The van der Waals surface area contributed by atoms with Crippen LogP contribution >= 0.6 is 0 Å². The van der Waals surface area contributed by atoms with Crippen molar-refractivity contribution in [3.8, 4) is 0 Å². The van der Waals surface area contributed by atoms with Crippen LogP contribution < -0.4 is 0 Å². The SMILES string of the molecule is CCc1c(C(=O)N2Cc3ccccc3C(C(=O)O)C2)cnn1CC(C)C. The number of carbonyl (C=O) groups excluding carboxylic acids is 1. The molecule has 0 fully saturated rings. The van der Waals surface area contributed by atoms with Crippen LogP contribution in [-0.2, 0) is 24.3 Å². The van der Waals surface area contributed by atoms with Gasteiger partial charge in [0.15, 0.2) is 0 Å². The van der Waals surface area contributed by atoms with Crippen LogP contribution in [-0.4, -0.2) is 38.2 Å². The summed E-state index contributed by atoms with van der Waals surface area (Å²) in [7, 11) is 0. The number of aliphatic carboxylic acids is 1. The number of fused-ring (bicyclic) bond motifs is 1. The summed E-state index contributed by atoms with van der Waals surface area (Å²) < 4.78 is 1.89. The van der Waals surface area contributed by atoms with E-state index in [0.29, 0.717) is 24.4 Å². The van der Waals surface area contributed by atoms with Gasteiger partial charge in [-0.05, 0) is 23.5 Å². The lowest BCUT2D eigenvalue weighted by Gasteiger charge is -2.32. The van der Waals surface area contributed by atoms with Crippen molar-refractivity contribution < 1.29 is 14.7 Å². The van der Waals surface area contributed by atoms with E-state index >= 15 is 0 Å². The highest BCUT2D eigenvalue weighted by atomic mass is 16.4. The van der Waals surface area contributed by atoms with Crippen LogP contribution in [0.4, 0.5) is 0 Å². The second-order valence-electron chi connectivity index (χ2n) is 7.21. The fraction of sp³-hybridized carbons (Fsp3) is 0.450. The minimum atomic E-state index is -0.902. The lowest BCUT2D eigenvalue weighted by molar-refractivity contribution is -0.139. The molecule has 0 saturated carbocycles. The first-order valence-corrected chi connectivity index (χ1v) is 9.06. The van der Waals surface area contributed by atoms with E-state index in [-0.39, 0.29) is 12.5 Å². The van der Waals surface area contributed by atoms with Gasteiger partial charge in [-0.15, -0.1) is 0 Å². The van der Waals surface area contributed by atoms with E-state index in [9.17, 15) is 14.7 Å². The molecule has 3 rings (SSSR count). The zero-order valence-corrected chi connectivity index (χ0v) is 15.5. The molecule has 1 aromatic heterocycles. The molecule has 1 aliphatic heterocycles. The van der Waals surface area contributed by atoms with Gasteiger partial charge in [0.05, 0.1) is 23.4 Å². The zero-order valence-electron chi connectivity index (χ0n) is 15.5. The van der Waals surface area contributed by atoms with Gasteiger partial charge in [-0.25, -0.2) is 0 Å². The number of hydrogen-bond donors (Lipinski definition) is 1. The fourth-order valence-electron chi connectivity index (χ4n) is 3.61. The van der Waals surface area contributed by atoms with Gasteiger partial charge in [0, 0.05) is 19.6 Å². The fourth-order valence-corrected chi connectivity index (χ4v) is 3.61.